The fourth-order valence-electron chi connectivity index (χ4n) is 2.58. The van der Waals surface area contributed by atoms with Crippen molar-refractivity contribution in [3.8, 4) is 12.3 Å². The summed E-state index contributed by atoms with van der Waals surface area (Å²) in [7, 11) is 0. The van der Waals surface area contributed by atoms with Crippen molar-refractivity contribution in [1.82, 2.24) is 0 Å². The van der Waals surface area contributed by atoms with Gasteiger partial charge in [-0.05, 0) is 6.92 Å². The minimum Gasteiger partial charge on any atom is -0.455 e. The molecule has 0 saturated carbocycles. The van der Waals surface area contributed by atoms with Gasteiger partial charge in [0.15, 0.2) is 24.8 Å². The number of carbonyl (C=O) groups excluding carboxylic acids is 2. The van der Waals surface area contributed by atoms with Crippen molar-refractivity contribution in [2.45, 2.75) is 57.8 Å². The predicted molar refractivity (Wildman–Crippen MR) is 74.8 cm³/mol. The van der Waals surface area contributed by atoms with Crippen LogP contribution in [0.25, 0.3) is 0 Å². The van der Waals surface area contributed by atoms with Crippen LogP contribution in [0.15, 0.2) is 0 Å². The number of esters is 2. The number of fused-ring (bicyclic) bond motifs is 1. The van der Waals surface area contributed by atoms with Crippen LogP contribution in [0, 0.1) is 12.3 Å². The third-order valence-electron chi connectivity index (χ3n) is 3.37. The van der Waals surface area contributed by atoms with E-state index in [1.807, 2.05) is 0 Å². The molecule has 23 heavy (non-hydrogen) atoms. The molecule has 2 rings (SSSR count). The normalized spacial score (nSPS) is 36.4. The summed E-state index contributed by atoms with van der Waals surface area (Å²) >= 11 is 0. The monoisotopic (exact) mass is 328 g/mol. The Morgan fingerprint density at radius 1 is 1.17 bits per heavy atom. The molecule has 0 aromatic carbocycles. The number of hydrogen-bond donors (Lipinski definition) is 0. The van der Waals surface area contributed by atoms with Crippen LogP contribution < -0.4 is 0 Å². The lowest BCUT2D eigenvalue weighted by atomic mass is 9.97. The van der Waals surface area contributed by atoms with E-state index in [1.165, 1.54) is 13.8 Å². The first-order valence-electron chi connectivity index (χ1n) is 7.24. The van der Waals surface area contributed by atoms with Crippen molar-refractivity contribution < 1.29 is 38.0 Å². The fourth-order valence-corrected chi connectivity index (χ4v) is 2.58. The summed E-state index contributed by atoms with van der Waals surface area (Å²) < 4.78 is 32.7. The van der Waals surface area contributed by atoms with Gasteiger partial charge in [0.05, 0.1) is 6.61 Å². The Morgan fingerprint density at radius 2 is 1.83 bits per heavy atom. The molecular weight excluding hydrogens is 308 g/mol. The Balaban J connectivity index is 2.26. The lowest BCUT2D eigenvalue weighted by molar-refractivity contribution is -0.355. The van der Waals surface area contributed by atoms with E-state index in [9.17, 15) is 9.59 Å². The molecule has 128 valence electrons. The Kier molecular flexibility index (Phi) is 5.96. The van der Waals surface area contributed by atoms with Crippen LogP contribution in [0.5, 0.6) is 0 Å². The molecule has 2 heterocycles. The number of carbonyl (C=O) groups is 2. The van der Waals surface area contributed by atoms with Gasteiger partial charge in [-0.1, -0.05) is 5.92 Å². The van der Waals surface area contributed by atoms with Crippen LogP contribution in [-0.2, 0) is 38.0 Å². The lowest BCUT2D eigenvalue weighted by Crippen LogP contribution is -2.64. The average Bonchev–Trinajstić information content (AvgIpc) is 2.47. The highest BCUT2D eigenvalue weighted by molar-refractivity contribution is 5.67. The molecule has 0 aromatic heterocycles. The van der Waals surface area contributed by atoms with Gasteiger partial charge in [-0.2, -0.15) is 0 Å². The second kappa shape index (κ2) is 7.75. The summed E-state index contributed by atoms with van der Waals surface area (Å²) in [6, 6.07) is 0. The number of rotatable bonds is 4. The van der Waals surface area contributed by atoms with E-state index in [0.29, 0.717) is 0 Å². The zero-order valence-electron chi connectivity index (χ0n) is 13.2. The van der Waals surface area contributed by atoms with E-state index < -0.39 is 48.9 Å². The number of hydrogen-bond acceptors (Lipinski definition) is 8. The first-order chi connectivity index (χ1) is 10.9. The standard InChI is InChI=1S/C15H20O8/c1-5-6-18-15-14(21-9(3)17)13(20-8(2)16)12-11(23-15)7-19-10(4)22-12/h1,10-15H,6-7H2,2-4H3/t10?,11-,12-,13+,14-,15-/m1/s1. The summed E-state index contributed by atoms with van der Waals surface area (Å²) in [5.41, 5.74) is 0. The van der Waals surface area contributed by atoms with Crippen molar-refractivity contribution in [2.24, 2.45) is 0 Å². The zero-order valence-corrected chi connectivity index (χ0v) is 13.2. The van der Waals surface area contributed by atoms with Crippen molar-refractivity contribution >= 4 is 11.9 Å². The smallest absolute Gasteiger partial charge is 0.303 e. The van der Waals surface area contributed by atoms with Gasteiger partial charge in [-0.15, -0.1) is 6.42 Å². The maximum atomic E-state index is 11.5. The molecule has 0 spiro atoms. The zero-order chi connectivity index (χ0) is 17.0. The number of ether oxygens (including phenoxy) is 6. The molecule has 2 aliphatic heterocycles. The van der Waals surface area contributed by atoms with Gasteiger partial charge in [0.2, 0.25) is 0 Å². The maximum Gasteiger partial charge on any atom is 0.303 e. The summed E-state index contributed by atoms with van der Waals surface area (Å²) in [5, 5.41) is 0. The second-order valence-electron chi connectivity index (χ2n) is 5.21. The van der Waals surface area contributed by atoms with Crippen molar-refractivity contribution in [3.63, 3.8) is 0 Å². The lowest BCUT2D eigenvalue weighted by Gasteiger charge is -2.47. The number of terminal acetylenes is 1. The van der Waals surface area contributed by atoms with Crippen molar-refractivity contribution in [1.29, 1.82) is 0 Å². The molecule has 0 N–H and O–H groups in total. The summed E-state index contributed by atoms with van der Waals surface area (Å²) in [5.74, 6) is 1.21. The largest absolute Gasteiger partial charge is 0.455 e. The first kappa shape index (κ1) is 17.7. The molecule has 0 bridgehead atoms. The van der Waals surface area contributed by atoms with Crippen LogP contribution in [-0.4, -0.2) is 62.1 Å². The molecule has 8 nitrogen and oxygen atoms in total. The van der Waals surface area contributed by atoms with Gasteiger partial charge in [-0.25, -0.2) is 0 Å². The van der Waals surface area contributed by atoms with Crippen molar-refractivity contribution in [2.75, 3.05) is 13.2 Å². The Bertz CT molecular complexity index is 484. The minimum absolute atomic E-state index is 0.0509. The third kappa shape index (κ3) is 4.42. The first-order valence-corrected chi connectivity index (χ1v) is 7.24. The predicted octanol–water partition coefficient (Wildman–Crippen LogP) is -0.0141. The quantitative estimate of drug-likeness (QED) is 0.526. The molecule has 2 saturated heterocycles. The van der Waals surface area contributed by atoms with Gasteiger partial charge in [0, 0.05) is 13.8 Å². The van der Waals surface area contributed by atoms with Crippen LogP contribution in [0.3, 0.4) is 0 Å². The molecule has 1 unspecified atom stereocenters. The Labute approximate surface area is 134 Å². The van der Waals surface area contributed by atoms with Crippen LogP contribution in [0.1, 0.15) is 20.8 Å². The molecule has 0 aliphatic carbocycles. The van der Waals surface area contributed by atoms with E-state index in [-0.39, 0.29) is 13.2 Å². The molecule has 0 amide bonds. The fraction of sp³-hybridized carbons (Fsp3) is 0.733. The van der Waals surface area contributed by atoms with E-state index in [1.54, 1.807) is 6.92 Å². The average molecular weight is 328 g/mol. The van der Waals surface area contributed by atoms with E-state index in [2.05, 4.69) is 5.92 Å². The highest BCUT2D eigenvalue weighted by Gasteiger charge is 2.53. The van der Waals surface area contributed by atoms with Gasteiger partial charge in [0.25, 0.3) is 0 Å². The van der Waals surface area contributed by atoms with Crippen LogP contribution in [0.4, 0.5) is 0 Å². The molecule has 8 heteroatoms. The highest BCUT2D eigenvalue weighted by atomic mass is 16.8. The highest BCUT2D eigenvalue weighted by Crippen LogP contribution is 2.32. The van der Waals surface area contributed by atoms with E-state index >= 15 is 0 Å². The van der Waals surface area contributed by atoms with Gasteiger partial charge in [0.1, 0.15) is 18.8 Å². The topological polar surface area (TPSA) is 89.5 Å². The van der Waals surface area contributed by atoms with Gasteiger partial charge < -0.3 is 28.4 Å². The molecule has 6 atom stereocenters. The summed E-state index contributed by atoms with van der Waals surface area (Å²) in [6.45, 7) is 4.39. The third-order valence-corrected chi connectivity index (χ3v) is 3.37. The Hall–Kier alpha value is -1.66. The van der Waals surface area contributed by atoms with E-state index in [4.69, 9.17) is 34.8 Å². The SMILES string of the molecule is C#CCO[C@@H]1O[C@@H]2COC(C)O[C@H]2[C@H](OC(C)=O)[C@H]1OC(C)=O. The van der Waals surface area contributed by atoms with E-state index in [0.717, 1.165) is 0 Å². The molecule has 2 fully saturated rings. The summed E-state index contributed by atoms with van der Waals surface area (Å²) in [4.78, 5) is 22.9. The van der Waals surface area contributed by atoms with Gasteiger partial charge >= 0.3 is 11.9 Å². The summed E-state index contributed by atoms with van der Waals surface area (Å²) in [6.07, 6.45) is 0.646. The van der Waals surface area contributed by atoms with Crippen LogP contribution >= 0.6 is 0 Å². The molecule has 0 radical (unpaired) electrons. The van der Waals surface area contributed by atoms with Gasteiger partial charge in [-0.3, -0.25) is 9.59 Å². The maximum absolute atomic E-state index is 11.5. The molecule has 0 aromatic rings. The van der Waals surface area contributed by atoms with Crippen LogP contribution in [0.2, 0.25) is 0 Å². The van der Waals surface area contributed by atoms with Crippen molar-refractivity contribution in [3.05, 3.63) is 0 Å². The Morgan fingerprint density at radius 3 is 2.43 bits per heavy atom. The minimum atomic E-state index is -0.990. The molecule has 2 aliphatic rings. The second-order valence-corrected chi connectivity index (χ2v) is 5.21. The molecular formula is C15H20O8.